The Morgan fingerprint density at radius 1 is 1.05 bits per heavy atom. The van der Waals surface area contributed by atoms with Crippen LogP contribution in [-0.4, -0.2) is 26.4 Å². The molecular formula is C16H27NO2. The zero-order valence-electron chi connectivity index (χ0n) is 12.7. The van der Waals surface area contributed by atoms with Gasteiger partial charge in [-0.2, -0.15) is 0 Å². The van der Waals surface area contributed by atoms with Gasteiger partial charge in [-0.15, -0.1) is 0 Å². The Morgan fingerprint density at radius 3 is 2.32 bits per heavy atom. The Hall–Kier alpha value is -1.06. The summed E-state index contributed by atoms with van der Waals surface area (Å²) in [7, 11) is 0. The summed E-state index contributed by atoms with van der Waals surface area (Å²) in [6.45, 7) is 12.6. The van der Waals surface area contributed by atoms with Gasteiger partial charge in [0.1, 0.15) is 12.4 Å². The van der Waals surface area contributed by atoms with Crippen molar-refractivity contribution in [3.63, 3.8) is 0 Å². The smallest absolute Gasteiger partial charge is 0.119 e. The molecule has 0 aliphatic heterocycles. The highest BCUT2D eigenvalue weighted by Gasteiger charge is 2.08. The Kier molecular flexibility index (Phi) is 6.89. The number of hydrogen-bond donors (Lipinski definition) is 1. The molecule has 19 heavy (non-hydrogen) atoms. The highest BCUT2D eigenvalue weighted by Crippen LogP contribution is 2.13. The summed E-state index contributed by atoms with van der Waals surface area (Å²) in [5, 5.41) is 3.46. The summed E-state index contributed by atoms with van der Waals surface area (Å²) in [5.41, 5.74) is 1.60. The molecule has 0 heterocycles. The molecular weight excluding hydrogens is 238 g/mol. The van der Waals surface area contributed by atoms with Crippen molar-refractivity contribution in [1.29, 1.82) is 0 Å². The molecule has 1 rings (SSSR count). The van der Waals surface area contributed by atoms with E-state index >= 15 is 0 Å². The van der Waals surface area contributed by atoms with Gasteiger partial charge in [0.2, 0.25) is 0 Å². The van der Waals surface area contributed by atoms with Crippen molar-refractivity contribution in [2.75, 3.05) is 26.4 Å². The number of nitrogens with one attached hydrogen (secondary N) is 1. The van der Waals surface area contributed by atoms with Gasteiger partial charge in [0.15, 0.2) is 0 Å². The molecule has 1 N–H and O–H groups in total. The minimum absolute atomic E-state index is 0.322. The first-order chi connectivity index (χ1) is 9.01. The van der Waals surface area contributed by atoms with Gasteiger partial charge in [-0.05, 0) is 30.0 Å². The fraction of sp³-hybridized carbons (Fsp3) is 0.625. The normalized spacial score (nSPS) is 11.6. The average molecular weight is 265 g/mol. The Bertz CT molecular complexity index is 341. The van der Waals surface area contributed by atoms with E-state index in [4.69, 9.17) is 9.47 Å². The third-order valence-corrected chi connectivity index (χ3v) is 2.61. The van der Waals surface area contributed by atoms with E-state index in [1.807, 2.05) is 19.1 Å². The van der Waals surface area contributed by atoms with Gasteiger partial charge in [-0.3, -0.25) is 0 Å². The van der Waals surface area contributed by atoms with Crippen LogP contribution in [0.5, 0.6) is 5.75 Å². The number of ether oxygens (including phenoxy) is 2. The molecule has 0 fully saturated rings. The van der Waals surface area contributed by atoms with Gasteiger partial charge in [0.05, 0.1) is 6.61 Å². The van der Waals surface area contributed by atoms with E-state index in [9.17, 15) is 0 Å². The monoisotopic (exact) mass is 265 g/mol. The first-order valence-electron chi connectivity index (χ1n) is 7.01. The Morgan fingerprint density at radius 2 is 1.74 bits per heavy atom. The maximum atomic E-state index is 5.58. The van der Waals surface area contributed by atoms with Crippen molar-refractivity contribution in [1.82, 2.24) is 5.32 Å². The van der Waals surface area contributed by atoms with Crippen molar-refractivity contribution in [3.8, 4) is 5.75 Å². The number of benzene rings is 1. The van der Waals surface area contributed by atoms with E-state index in [2.05, 4.69) is 38.2 Å². The van der Waals surface area contributed by atoms with Crippen LogP contribution in [0.2, 0.25) is 0 Å². The third kappa shape index (κ3) is 7.85. The van der Waals surface area contributed by atoms with Gasteiger partial charge in [0.25, 0.3) is 0 Å². The minimum Gasteiger partial charge on any atom is -0.491 e. The lowest BCUT2D eigenvalue weighted by molar-refractivity contribution is 0.110. The second-order valence-corrected chi connectivity index (χ2v) is 5.85. The molecule has 0 unspecified atom stereocenters. The van der Waals surface area contributed by atoms with Crippen LogP contribution in [0.25, 0.3) is 0 Å². The lowest BCUT2D eigenvalue weighted by Gasteiger charge is -2.18. The van der Waals surface area contributed by atoms with Crippen LogP contribution < -0.4 is 10.1 Å². The van der Waals surface area contributed by atoms with Gasteiger partial charge >= 0.3 is 0 Å². The largest absolute Gasteiger partial charge is 0.491 e. The molecule has 0 atom stereocenters. The van der Waals surface area contributed by atoms with Gasteiger partial charge in [-0.25, -0.2) is 0 Å². The van der Waals surface area contributed by atoms with Crippen molar-refractivity contribution < 1.29 is 9.47 Å². The summed E-state index contributed by atoms with van der Waals surface area (Å²) in [6, 6.07) is 8.23. The molecule has 3 nitrogen and oxygen atoms in total. The number of hydrogen-bond acceptors (Lipinski definition) is 3. The average Bonchev–Trinajstić information content (AvgIpc) is 2.35. The highest BCUT2D eigenvalue weighted by molar-refractivity contribution is 5.27. The molecule has 108 valence electrons. The van der Waals surface area contributed by atoms with Crippen LogP contribution in [0.15, 0.2) is 24.3 Å². The van der Waals surface area contributed by atoms with Gasteiger partial charge < -0.3 is 14.8 Å². The predicted octanol–water partition coefficient (Wildman–Crippen LogP) is 3.24. The van der Waals surface area contributed by atoms with E-state index < -0.39 is 0 Å². The lowest BCUT2D eigenvalue weighted by atomic mass is 9.97. The maximum absolute atomic E-state index is 5.58. The molecule has 0 aromatic heterocycles. The third-order valence-electron chi connectivity index (χ3n) is 2.61. The first kappa shape index (κ1) is 16.0. The van der Waals surface area contributed by atoms with Crippen molar-refractivity contribution in [2.45, 2.75) is 34.2 Å². The Balaban J connectivity index is 2.27. The molecule has 0 bridgehead atoms. The van der Waals surface area contributed by atoms with Crippen LogP contribution in [0.1, 0.15) is 33.3 Å². The van der Waals surface area contributed by atoms with Crippen LogP contribution in [0.4, 0.5) is 0 Å². The minimum atomic E-state index is 0.322. The molecule has 0 spiro atoms. The van der Waals surface area contributed by atoms with E-state index in [0.717, 1.165) is 25.4 Å². The van der Waals surface area contributed by atoms with Crippen molar-refractivity contribution >= 4 is 0 Å². The van der Waals surface area contributed by atoms with Crippen LogP contribution in [0.3, 0.4) is 0 Å². The lowest BCUT2D eigenvalue weighted by Crippen LogP contribution is -2.26. The van der Waals surface area contributed by atoms with Crippen LogP contribution >= 0.6 is 0 Å². The van der Waals surface area contributed by atoms with E-state index in [1.54, 1.807) is 0 Å². The van der Waals surface area contributed by atoms with E-state index in [-0.39, 0.29) is 0 Å². The Labute approximate surface area is 117 Å². The van der Waals surface area contributed by atoms with E-state index in [0.29, 0.717) is 18.6 Å². The summed E-state index contributed by atoms with van der Waals surface area (Å²) < 4.78 is 10.8. The van der Waals surface area contributed by atoms with Crippen molar-refractivity contribution in [3.05, 3.63) is 29.8 Å². The molecule has 0 amide bonds. The van der Waals surface area contributed by atoms with Crippen LogP contribution in [0, 0.1) is 5.41 Å². The summed E-state index contributed by atoms with van der Waals surface area (Å²) >= 11 is 0. The fourth-order valence-corrected chi connectivity index (χ4v) is 1.65. The maximum Gasteiger partial charge on any atom is 0.119 e. The summed E-state index contributed by atoms with van der Waals surface area (Å²) in [5.74, 6) is 0.902. The second-order valence-electron chi connectivity index (χ2n) is 5.85. The predicted molar refractivity (Wildman–Crippen MR) is 79.6 cm³/mol. The zero-order valence-corrected chi connectivity index (χ0v) is 12.7. The standard InChI is InChI=1S/C16H27NO2/c1-5-18-10-11-19-15-8-6-14(7-9-15)12-17-13-16(2,3)4/h6-9,17H,5,10-13H2,1-4H3. The SMILES string of the molecule is CCOCCOc1ccc(CNCC(C)(C)C)cc1. The summed E-state index contributed by atoms with van der Waals surface area (Å²) in [6.07, 6.45) is 0. The van der Waals surface area contributed by atoms with Gasteiger partial charge in [-0.1, -0.05) is 32.9 Å². The quantitative estimate of drug-likeness (QED) is 0.732. The fourth-order valence-electron chi connectivity index (χ4n) is 1.65. The zero-order chi connectivity index (χ0) is 14.1. The second kappa shape index (κ2) is 8.18. The number of rotatable bonds is 8. The summed E-state index contributed by atoms with van der Waals surface area (Å²) in [4.78, 5) is 0. The molecule has 0 saturated carbocycles. The molecule has 0 saturated heterocycles. The molecule has 1 aromatic rings. The topological polar surface area (TPSA) is 30.5 Å². The molecule has 3 heteroatoms. The molecule has 0 aliphatic carbocycles. The highest BCUT2D eigenvalue weighted by atomic mass is 16.5. The van der Waals surface area contributed by atoms with Crippen molar-refractivity contribution in [2.24, 2.45) is 5.41 Å². The molecule has 0 aliphatic rings. The first-order valence-corrected chi connectivity index (χ1v) is 7.01. The van der Waals surface area contributed by atoms with Gasteiger partial charge in [0, 0.05) is 19.7 Å². The molecule has 1 aromatic carbocycles. The van der Waals surface area contributed by atoms with E-state index in [1.165, 1.54) is 5.56 Å². The molecule has 0 radical (unpaired) electrons. The van der Waals surface area contributed by atoms with Crippen LogP contribution in [-0.2, 0) is 11.3 Å².